The first-order valence-electron chi connectivity index (χ1n) is 34.3. The van der Waals surface area contributed by atoms with Gasteiger partial charge in [-0.2, -0.15) is 0 Å². The summed E-state index contributed by atoms with van der Waals surface area (Å²) >= 11 is 0. The molecular weight excluding hydrogens is 935 g/mol. The van der Waals surface area contributed by atoms with Crippen LogP contribution in [-0.4, -0.2) is 47.4 Å². The molecule has 0 rings (SSSR count). The zero-order valence-corrected chi connectivity index (χ0v) is 51.3. The maximum absolute atomic E-state index is 12.5. The molecule has 3 N–H and O–H groups in total. The lowest BCUT2D eigenvalue weighted by Gasteiger charge is -2.20. The molecule has 1 amide bonds. The van der Waals surface area contributed by atoms with Gasteiger partial charge in [-0.25, -0.2) is 0 Å². The van der Waals surface area contributed by atoms with Crippen LogP contribution in [0.15, 0.2) is 36.5 Å². The van der Waals surface area contributed by atoms with Crippen LogP contribution < -0.4 is 5.32 Å². The molecular formula is C70H133NO5. The van der Waals surface area contributed by atoms with Gasteiger partial charge in [0.05, 0.1) is 25.4 Å². The first-order chi connectivity index (χ1) is 37.5. The Labute approximate surface area is 474 Å². The number of aliphatic hydroxyl groups excluding tert-OH is 2. The third kappa shape index (κ3) is 61.3. The van der Waals surface area contributed by atoms with Crippen LogP contribution in [0.4, 0.5) is 0 Å². The molecule has 0 radical (unpaired) electrons. The van der Waals surface area contributed by atoms with E-state index in [0.29, 0.717) is 19.4 Å². The second kappa shape index (κ2) is 65.6. The molecule has 0 aliphatic carbocycles. The lowest BCUT2D eigenvalue weighted by molar-refractivity contribution is -0.143. The zero-order chi connectivity index (χ0) is 55.0. The third-order valence-corrected chi connectivity index (χ3v) is 15.9. The van der Waals surface area contributed by atoms with Crippen LogP contribution in [0.3, 0.4) is 0 Å². The van der Waals surface area contributed by atoms with Crippen LogP contribution >= 0.6 is 0 Å². The topological polar surface area (TPSA) is 95.9 Å². The molecule has 2 unspecified atom stereocenters. The van der Waals surface area contributed by atoms with Gasteiger partial charge in [-0.05, 0) is 64.2 Å². The van der Waals surface area contributed by atoms with Crippen LogP contribution in [0, 0.1) is 0 Å². The second-order valence-corrected chi connectivity index (χ2v) is 23.5. The van der Waals surface area contributed by atoms with Gasteiger partial charge in [-0.15, -0.1) is 0 Å². The summed E-state index contributed by atoms with van der Waals surface area (Å²) < 4.78 is 5.49. The van der Waals surface area contributed by atoms with Crippen LogP contribution in [0.1, 0.15) is 373 Å². The molecule has 76 heavy (non-hydrogen) atoms. The number of unbranched alkanes of at least 4 members (excludes halogenated alkanes) is 49. The van der Waals surface area contributed by atoms with Crippen molar-refractivity contribution in [3.05, 3.63) is 36.5 Å². The van der Waals surface area contributed by atoms with Crippen molar-refractivity contribution in [2.75, 3.05) is 13.2 Å². The number of ether oxygens (including phenoxy) is 1. The molecule has 0 bridgehead atoms. The molecule has 0 aliphatic heterocycles. The van der Waals surface area contributed by atoms with E-state index in [0.717, 1.165) is 51.4 Å². The highest BCUT2D eigenvalue weighted by atomic mass is 16.5. The highest BCUT2D eigenvalue weighted by Crippen LogP contribution is 2.18. The summed E-state index contributed by atoms with van der Waals surface area (Å²) in [5, 5.41) is 23.2. The highest BCUT2D eigenvalue weighted by molar-refractivity contribution is 5.76. The van der Waals surface area contributed by atoms with Gasteiger partial charge in [0.15, 0.2) is 0 Å². The van der Waals surface area contributed by atoms with E-state index in [4.69, 9.17) is 4.74 Å². The van der Waals surface area contributed by atoms with Gasteiger partial charge in [-0.1, -0.05) is 333 Å². The fraction of sp³-hybridized carbons (Fsp3) is 0.886. The van der Waals surface area contributed by atoms with Crippen molar-refractivity contribution in [3.63, 3.8) is 0 Å². The molecule has 0 heterocycles. The van der Waals surface area contributed by atoms with Crippen LogP contribution in [0.25, 0.3) is 0 Å². The van der Waals surface area contributed by atoms with Gasteiger partial charge >= 0.3 is 5.97 Å². The average molecular weight is 1070 g/mol. The molecule has 6 nitrogen and oxygen atoms in total. The fourth-order valence-electron chi connectivity index (χ4n) is 10.7. The average Bonchev–Trinajstić information content (AvgIpc) is 3.42. The van der Waals surface area contributed by atoms with E-state index in [1.165, 1.54) is 295 Å². The molecule has 448 valence electrons. The molecule has 0 spiro atoms. The molecule has 0 aromatic rings. The van der Waals surface area contributed by atoms with E-state index in [9.17, 15) is 19.8 Å². The van der Waals surface area contributed by atoms with Gasteiger partial charge in [-0.3, -0.25) is 9.59 Å². The van der Waals surface area contributed by atoms with Crippen LogP contribution in [-0.2, 0) is 14.3 Å². The zero-order valence-electron chi connectivity index (χ0n) is 51.3. The summed E-state index contributed by atoms with van der Waals surface area (Å²) in [4.78, 5) is 24.6. The number of esters is 1. The Morgan fingerprint density at radius 3 is 1.01 bits per heavy atom. The Bertz CT molecular complexity index is 1230. The Kier molecular flexibility index (Phi) is 63.9. The van der Waals surface area contributed by atoms with Crippen LogP contribution in [0.5, 0.6) is 0 Å². The molecule has 0 aromatic heterocycles. The lowest BCUT2D eigenvalue weighted by Crippen LogP contribution is -2.45. The van der Waals surface area contributed by atoms with Crippen molar-refractivity contribution >= 4 is 11.9 Å². The number of carbonyl (C=O) groups is 2. The molecule has 0 aromatic carbocycles. The predicted molar refractivity (Wildman–Crippen MR) is 333 cm³/mol. The number of amides is 1. The number of aliphatic hydroxyl groups is 2. The summed E-state index contributed by atoms with van der Waals surface area (Å²) in [5.74, 6) is -0.0596. The van der Waals surface area contributed by atoms with E-state index in [1.54, 1.807) is 6.08 Å². The van der Waals surface area contributed by atoms with E-state index >= 15 is 0 Å². The quantitative estimate of drug-likeness (QED) is 0.0320. The largest absolute Gasteiger partial charge is 0.466 e. The van der Waals surface area contributed by atoms with Crippen molar-refractivity contribution < 1.29 is 24.5 Å². The Morgan fingerprint density at radius 1 is 0.368 bits per heavy atom. The Balaban J connectivity index is 3.38. The summed E-state index contributed by atoms with van der Waals surface area (Å²) in [6.07, 6.45) is 83.5. The molecule has 2 atom stereocenters. The van der Waals surface area contributed by atoms with Crippen molar-refractivity contribution in [1.29, 1.82) is 0 Å². The number of hydrogen-bond acceptors (Lipinski definition) is 5. The van der Waals surface area contributed by atoms with E-state index in [1.807, 2.05) is 6.08 Å². The second-order valence-electron chi connectivity index (χ2n) is 23.5. The maximum Gasteiger partial charge on any atom is 0.305 e. The summed E-state index contributed by atoms with van der Waals surface area (Å²) in [6, 6.07) is -0.627. The van der Waals surface area contributed by atoms with Crippen molar-refractivity contribution in [2.24, 2.45) is 0 Å². The van der Waals surface area contributed by atoms with Crippen molar-refractivity contribution in [3.8, 4) is 0 Å². The van der Waals surface area contributed by atoms with E-state index < -0.39 is 12.1 Å². The minimum Gasteiger partial charge on any atom is -0.466 e. The Morgan fingerprint density at radius 2 is 0.658 bits per heavy atom. The number of hydrogen-bond donors (Lipinski definition) is 3. The van der Waals surface area contributed by atoms with Crippen molar-refractivity contribution in [2.45, 2.75) is 386 Å². The van der Waals surface area contributed by atoms with Gasteiger partial charge in [0.25, 0.3) is 0 Å². The standard InChI is InChI=1S/C70H133NO5/c1-3-5-7-9-11-13-15-17-19-31-34-38-42-46-50-54-58-62-68(73)67(66-72)71-69(74)63-59-55-51-47-43-39-35-32-29-27-25-23-21-22-24-26-28-30-33-37-41-45-49-53-57-61-65-76-70(75)64-60-56-52-48-44-40-36-20-18-16-14-12-10-8-6-4-2/h14,16,20,36,58,62,67-68,72-73H,3-13,15,17-19,21-35,37-57,59-61,63-66H2,1-2H3,(H,71,74)/b16-14-,36-20-,62-58+. The summed E-state index contributed by atoms with van der Waals surface area (Å²) in [7, 11) is 0. The maximum atomic E-state index is 12.5. The monoisotopic (exact) mass is 1070 g/mol. The molecule has 0 aliphatic rings. The van der Waals surface area contributed by atoms with Crippen molar-refractivity contribution in [1.82, 2.24) is 5.32 Å². The predicted octanol–water partition coefficient (Wildman–Crippen LogP) is 21.9. The summed E-state index contributed by atoms with van der Waals surface area (Å²) in [6.45, 7) is 4.91. The first kappa shape index (κ1) is 74.1. The first-order valence-corrected chi connectivity index (χ1v) is 34.3. The smallest absolute Gasteiger partial charge is 0.305 e. The van der Waals surface area contributed by atoms with E-state index in [-0.39, 0.29) is 18.5 Å². The van der Waals surface area contributed by atoms with Crippen LogP contribution in [0.2, 0.25) is 0 Å². The van der Waals surface area contributed by atoms with Gasteiger partial charge in [0.1, 0.15) is 0 Å². The molecule has 0 fully saturated rings. The minimum atomic E-state index is -0.843. The highest BCUT2D eigenvalue weighted by Gasteiger charge is 2.18. The molecule has 6 heteroatoms. The SMILES string of the molecule is CCCCCC/C=C\C/C=C\CCCCCCCC(=O)OCCCCCCCCCCCCCCCCCCCCCCCCCCCCC(=O)NC(CO)C(O)/C=C/CCCCCCCCCCCCCCCCC. The van der Waals surface area contributed by atoms with Gasteiger partial charge < -0.3 is 20.3 Å². The number of carbonyl (C=O) groups excluding carboxylic acids is 2. The normalized spacial score (nSPS) is 12.7. The lowest BCUT2D eigenvalue weighted by atomic mass is 10.0. The number of rotatable bonds is 64. The third-order valence-electron chi connectivity index (χ3n) is 15.9. The summed E-state index contributed by atoms with van der Waals surface area (Å²) in [5.41, 5.74) is 0. The number of nitrogens with one attached hydrogen (secondary N) is 1. The molecule has 0 saturated carbocycles. The van der Waals surface area contributed by atoms with Gasteiger partial charge in [0, 0.05) is 12.8 Å². The fourth-order valence-corrected chi connectivity index (χ4v) is 10.7. The van der Waals surface area contributed by atoms with E-state index in [2.05, 4.69) is 43.5 Å². The Hall–Kier alpha value is -1.92. The minimum absolute atomic E-state index is 0.00370. The molecule has 0 saturated heterocycles. The number of allylic oxidation sites excluding steroid dienone is 5. The van der Waals surface area contributed by atoms with Gasteiger partial charge in [0.2, 0.25) is 5.91 Å².